The Labute approximate surface area is 132 Å². The minimum atomic E-state index is -0.394. The molecule has 0 saturated heterocycles. The van der Waals surface area contributed by atoms with Gasteiger partial charge in [-0.15, -0.1) is 11.3 Å². The minimum absolute atomic E-state index is 0.394. The lowest BCUT2D eigenvalue weighted by Gasteiger charge is -2.15. The van der Waals surface area contributed by atoms with Crippen LogP contribution < -0.4 is 10.1 Å². The van der Waals surface area contributed by atoms with E-state index in [9.17, 15) is 4.79 Å². The third-order valence-electron chi connectivity index (χ3n) is 3.18. The van der Waals surface area contributed by atoms with Gasteiger partial charge in [0.15, 0.2) is 0 Å². The molecule has 0 aliphatic rings. The highest BCUT2D eigenvalue weighted by Crippen LogP contribution is 2.37. The number of halogens is 1. The van der Waals surface area contributed by atoms with Gasteiger partial charge < -0.3 is 14.8 Å². The van der Waals surface area contributed by atoms with Gasteiger partial charge in [0, 0.05) is 11.3 Å². The van der Waals surface area contributed by atoms with Crippen molar-refractivity contribution < 1.29 is 14.3 Å². The fourth-order valence-electron chi connectivity index (χ4n) is 2.03. The van der Waals surface area contributed by atoms with Gasteiger partial charge in [0.25, 0.3) is 0 Å². The number of anilines is 2. The highest BCUT2D eigenvalue weighted by molar-refractivity contribution is 7.18. The molecular weight excluding hydrogens is 310 g/mol. The van der Waals surface area contributed by atoms with Gasteiger partial charge in [0.1, 0.15) is 15.0 Å². The standard InChI is InChI=1S/C15H16ClNO3S/c1-8-5-6-11(19-3)9(2)13(8)17-10-7-12(15(18)20-4)21-14(10)16/h5-7,17H,1-4H3. The van der Waals surface area contributed by atoms with Crippen molar-refractivity contribution >= 4 is 40.3 Å². The number of nitrogens with one attached hydrogen (secondary N) is 1. The van der Waals surface area contributed by atoms with Crippen LogP contribution in [0.1, 0.15) is 20.8 Å². The van der Waals surface area contributed by atoms with Crippen molar-refractivity contribution in [3.63, 3.8) is 0 Å². The van der Waals surface area contributed by atoms with Gasteiger partial charge in [0.05, 0.1) is 19.9 Å². The second kappa shape index (κ2) is 6.37. The quantitative estimate of drug-likeness (QED) is 0.837. The van der Waals surface area contributed by atoms with Crippen LogP contribution in [0.25, 0.3) is 0 Å². The average molecular weight is 326 g/mol. The molecule has 1 heterocycles. The van der Waals surface area contributed by atoms with Crippen LogP contribution in [0.15, 0.2) is 18.2 Å². The fraction of sp³-hybridized carbons (Fsp3) is 0.267. The summed E-state index contributed by atoms with van der Waals surface area (Å²) in [5.41, 5.74) is 3.65. The van der Waals surface area contributed by atoms with Gasteiger partial charge in [-0.1, -0.05) is 17.7 Å². The normalized spacial score (nSPS) is 10.3. The van der Waals surface area contributed by atoms with Crippen LogP contribution in [0.3, 0.4) is 0 Å². The molecule has 0 atom stereocenters. The predicted octanol–water partition coefficient (Wildman–Crippen LogP) is 4.56. The van der Waals surface area contributed by atoms with Crippen molar-refractivity contribution in [2.45, 2.75) is 13.8 Å². The molecule has 0 radical (unpaired) electrons. The molecule has 6 heteroatoms. The molecule has 0 fully saturated rings. The Hall–Kier alpha value is -1.72. The minimum Gasteiger partial charge on any atom is -0.496 e. The summed E-state index contributed by atoms with van der Waals surface area (Å²) in [7, 11) is 2.98. The molecule has 0 aliphatic heterocycles. The summed E-state index contributed by atoms with van der Waals surface area (Å²) in [5, 5.41) is 3.27. The Bertz CT molecular complexity index is 682. The topological polar surface area (TPSA) is 47.6 Å². The number of thiophene rings is 1. The highest BCUT2D eigenvalue weighted by atomic mass is 35.5. The second-order valence-electron chi connectivity index (χ2n) is 4.50. The van der Waals surface area contributed by atoms with Crippen molar-refractivity contribution in [1.29, 1.82) is 0 Å². The molecule has 2 aromatic rings. The molecule has 1 aromatic heterocycles. The van der Waals surface area contributed by atoms with E-state index in [-0.39, 0.29) is 0 Å². The SMILES string of the molecule is COC(=O)c1cc(Nc2c(C)ccc(OC)c2C)c(Cl)s1. The lowest BCUT2D eigenvalue weighted by atomic mass is 10.1. The van der Waals surface area contributed by atoms with Crippen molar-refractivity contribution in [2.24, 2.45) is 0 Å². The molecule has 0 unspecified atom stereocenters. The molecule has 0 bridgehead atoms. The maximum absolute atomic E-state index is 11.5. The molecule has 21 heavy (non-hydrogen) atoms. The Balaban J connectivity index is 2.39. The molecule has 0 spiro atoms. The number of rotatable bonds is 4. The number of carbonyl (C=O) groups is 1. The summed E-state index contributed by atoms with van der Waals surface area (Å²) >= 11 is 7.38. The van der Waals surface area contributed by atoms with Crippen molar-refractivity contribution in [1.82, 2.24) is 0 Å². The van der Waals surface area contributed by atoms with Crippen molar-refractivity contribution in [3.8, 4) is 5.75 Å². The Morgan fingerprint density at radius 1 is 1.29 bits per heavy atom. The summed E-state index contributed by atoms with van der Waals surface area (Å²) in [6, 6.07) is 5.58. The zero-order chi connectivity index (χ0) is 15.6. The highest BCUT2D eigenvalue weighted by Gasteiger charge is 2.16. The van der Waals surface area contributed by atoms with E-state index in [1.807, 2.05) is 26.0 Å². The summed E-state index contributed by atoms with van der Waals surface area (Å²) < 4.78 is 10.5. The van der Waals surface area contributed by atoms with Gasteiger partial charge >= 0.3 is 5.97 Å². The van der Waals surface area contributed by atoms with Crippen LogP contribution in [0.2, 0.25) is 4.34 Å². The molecule has 1 N–H and O–H groups in total. The zero-order valence-electron chi connectivity index (χ0n) is 12.2. The largest absolute Gasteiger partial charge is 0.496 e. The third-order valence-corrected chi connectivity index (χ3v) is 4.52. The van der Waals surface area contributed by atoms with Crippen LogP contribution in [-0.4, -0.2) is 20.2 Å². The van der Waals surface area contributed by atoms with E-state index in [0.717, 1.165) is 22.6 Å². The number of aryl methyl sites for hydroxylation is 1. The van der Waals surface area contributed by atoms with Crippen molar-refractivity contribution in [2.75, 3.05) is 19.5 Å². The third kappa shape index (κ3) is 3.14. The van der Waals surface area contributed by atoms with E-state index in [2.05, 4.69) is 5.32 Å². The Morgan fingerprint density at radius 2 is 2.00 bits per heavy atom. The average Bonchev–Trinajstić information content (AvgIpc) is 2.84. The lowest BCUT2D eigenvalue weighted by molar-refractivity contribution is 0.0606. The van der Waals surface area contributed by atoms with E-state index in [4.69, 9.17) is 21.1 Å². The molecule has 112 valence electrons. The molecule has 0 saturated carbocycles. The van der Waals surface area contributed by atoms with Gasteiger partial charge in [0.2, 0.25) is 0 Å². The van der Waals surface area contributed by atoms with Crippen molar-refractivity contribution in [3.05, 3.63) is 38.5 Å². The Morgan fingerprint density at radius 3 is 2.62 bits per heavy atom. The van der Waals surface area contributed by atoms with Crippen LogP contribution in [0.5, 0.6) is 5.75 Å². The van der Waals surface area contributed by atoms with E-state index in [1.165, 1.54) is 18.4 Å². The van der Waals surface area contributed by atoms with Crippen LogP contribution in [-0.2, 0) is 4.74 Å². The van der Waals surface area contributed by atoms with Crippen LogP contribution in [0.4, 0.5) is 11.4 Å². The monoisotopic (exact) mass is 325 g/mol. The Kier molecular flexibility index (Phi) is 4.75. The summed E-state index contributed by atoms with van der Waals surface area (Å²) in [6.45, 7) is 3.96. The molecule has 4 nitrogen and oxygen atoms in total. The number of benzene rings is 1. The maximum atomic E-state index is 11.5. The van der Waals surface area contributed by atoms with E-state index in [0.29, 0.717) is 14.9 Å². The zero-order valence-corrected chi connectivity index (χ0v) is 13.8. The molecule has 0 amide bonds. The molecule has 0 aliphatic carbocycles. The van der Waals surface area contributed by atoms with Gasteiger partial charge in [-0.05, 0) is 31.5 Å². The first-order valence-corrected chi connectivity index (χ1v) is 7.46. The number of esters is 1. The lowest BCUT2D eigenvalue weighted by Crippen LogP contribution is -1.99. The van der Waals surface area contributed by atoms with E-state index < -0.39 is 5.97 Å². The van der Waals surface area contributed by atoms with Gasteiger partial charge in [-0.3, -0.25) is 0 Å². The number of methoxy groups -OCH3 is 2. The van der Waals surface area contributed by atoms with Crippen LogP contribution >= 0.6 is 22.9 Å². The summed E-state index contributed by atoms with van der Waals surface area (Å²) in [4.78, 5) is 12.0. The van der Waals surface area contributed by atoms with Gasteiger partial charge in [-0.2, -0.15) is 0 Å². The van der Waals surface area contributed by atoms with E-state index in [1.54, 1.807) is 13.2 Å². The smallest absolute Gasteiger partial charge is 0.348 e. The number of carbonyl (C=O) groups excluding carboxylic acids is 1. The number of ether oxygens (including phenoxy) is 2. The number of hydrogen-bond donors (Lipinski definition) is 1. The van der Waals surface area contributed by atoms with Gasteiger partial charge in [-0.25, -0.2) is 4.79 Å². The molecular formula is C15H16ClNO3S. The van der Waals surface area contributed by atoms with E-state index >= 15 is 0 Å². The first-order valence-electron chi connectivity index (χ1n) is 6.26. The van der Waals surface area contributed by atoms with Crippen LogP contribution in [0, 0.1) is 13.8 Å². The molecule has 1 aromatic carbocycles. The predicted molar refractivity (Wildman–Crippen MR) is 86.4 cm³/mol. The second-order valence-corrected chi connectivity index (χ2v) is 6.15. The first-order chi connectivity index (χ1) is 9.97. The summed E-state index contributed by atoms with van der Waals surface area (Å²) in [5.74, 6) is 0.400. The summed E-state index contributed by atoms with van der Waals surface area (Å²) in [6.07, 6.45) is 0. The fourth-order valence-corrected chi connectivity index (χ4v) is 3.14. The first kappa shape index (κ1) is 15.7. The maximum Gasteiger partial charge on any atom is 0.348 e. The molecule has 2 rings (SSSR count). The number of hydrogen-bond acceptors (Lipinski definition) is 5.